The number of rotatable bonds is 4. The van der Waals surface area contributed by atoms with E-state index in [1.165, 1.54) is 0 Å². The number of aromatic nitrogens is 1. The maximum Gasteiger partial charge on any atom is 0.0709 e. The zero-order valence-corrected chi connectivity index (χ0v) is 9.70. The second-order valence-corrected chi connectivity index (χ2v) is 4.36. The van der Waals surface area contributed by atoms with E-state index in [0.29, 0.717) is 12.1 Å². The van der Waals surface area contributed by atoms with Gasteiger partial charge in [0.25, 0.3) is 0 Å². The van der Waals surface area contributed by atoms with Crippen LogP contribution in [0.15, 0.2) is 18.5 Å². The Morgan fingerprint density at radius 2 is 2.20 bits per heavy atom. The van der Waals surface area contributed by atoms with E-state index in [2.05, 4.69) is 4.98 Å². The average Bonchev–Trinajstić information content (AvgIpc) is 2.21. The fourth-order valence-corrected chi connectivity index (χ4v) is 1.65. The first kappa shape index (κ1) is 12.0. The lowest BCUT2D eigenvalue weighted by Gasteiger charge is -2.31. The monoisotopic (exact) mass is 208 g/mol. The van der Waals surface area contributed by atoms with Crippen LogP contribution in [0.5, 0.6) is 0 Å². The maximum atomic E-state index is 10.4. The quantitative estimate of drug-likeness (QED) is 0.795. The molecule has 0 saturated heterocycles. The minimum absolute atomic E-state index is 0.210. The van der Waals surface area contributed by atoms with Gasteiger partial charge in [0.2, 0.25) is 0 Å². The average molecular weight is 208 g/mol. The molecule has 0 fully saturated rings. The van der Waals surface area contributed by atoms with Gasteiger partial charge < -0.3 is 10.8 Å². The Morgan fingerprint density at radius 1 is 1.53 bits per heavy atom. The number of aliphatic hydroxyl groups is 1. The summed E-state index contributed by atoms with van der Waals surface area (Å²) in [5, 5.41) is 10.4. The van der Waals surface area contributed by atoms with Crippen molar-refractivity contribution in [2.45, 2.75) is 39.2 Å². The van der Waals surface area contributed by atoms with Gasteiger partial charge in [0.1, 0.15) is 0 Å². The van der Waals surface area contributed by atoms with Crippen LogP contribution in [0.4, 0.5) is 5.69 Å². The van der Waals surface area contributed by atoms with Crippen molar-refractivity contribution in [3.8, 4) is 0 Å². The van der Waals surface area contributed by atoms with Gasteiger partial charge in [-0.15, -0.1) is 0 Å². The van der Waals surface area contributed by atoms with Crippen molar-refractivity contribution in [1.82, 2.24) is 4.98 Å². The molecule has 1 rings (SSSR count). The molecule has 3 N–H and O–H groups in total. The summed E-state index contributed by atoms with van der Waals surface area (Å²) in [5.74, 6) is 0.210. The Hall–Kier alpha value is -1.09. The summed E-state index contributed by atoms with van der Waals surface area (Å²) in [6.45, 7) is 6.04. The van der Waals surface area contributed by atoms with E-state index in [0.717, 1.165) is 12.0 Å². The molecular formula is C12H20N2O. The topological polar surface area (TPSA) is 59.1 Å². The predicted molar refractivity (Wildman–Crippen MR) is 62.4 cm³/mol. The molecule has 0 aromatic carbocycles. The first-order valence-electron chi connectivity index (χ1n) is 5.40. The molecule has 1 heterocycles. The number of pyridine rings is 1. The molecule has 1 unspecified atom stereocenters. The Kier molecular flexibility index (Phi) is 3.69. The van der Waals surface area contributed by atoms with Gasteiger partial charge in [0.15, 0.2) is 0 Å². The van der Waals surface area contributed by atoms with E-state index in [-0.39, 0.29) is 5.92 Å². The molecule has 0 spiro atoms. The highest BCUT2D eigenvalue weighted by Crippen LogP contribution is 2.27. The maximum absolute atomic E-state index is 10.4. The van der Waals surface area contributed by atoms with Crippen LogP contribution in [0.25, 0.3) is 0 Å². The Bertz CT molecular complexity index is 325. The van der Waals surface area contributed by atoms with E-state index in [4.69, 9.17) is 5.73 Å². The van der Waals surface area contributed by atoms with Crippen LogP contribution in [-0.2, 0) is 6.42 Å². The van der Waals surface area contributed by atoms with E-state index >= 15 is 0 Å². The molecule has 1 atom stereocenters. The van der Waals surface area contributed by atoms with Gasteiger partial charge in [0.05, 0.1) is 5.60 Å². The van der Waals surface area contributed by atoms with Gasteiger partial charge in [0, 0.05) is 24.5 Å². The summed E-state index contributed by atoms with van der Waals surface area (Å²) >= 11 is 0. The fourth-order valence-electron chi connectivity index (χ4n) is 1.65. The van der Waals surface area contributed by atoms with Gasteiger partial charge in [-0.3, -0.25) is 4.98 Å². The van der Waals surface area contributed by atoms with Gasteiger partial charge in [-0.05, 0) is 24.0 Å². The predicted octanol–water partition coefficient (Wildman–Crippen LogP) is 2.00. The Morgan fingerprint density at radius 3 is 2.67 bits per heavy atom. The normalized spacial score (nSPS) is 15.3. The lowest BCUT2D eigenvalue weighted by Crippen LogP contribution is -2.36. The van der Waals surface area contributed by atoms with Crippen molar-refractivity contribution in [3.05, 3.63) is 24.0 Å². The number of nitrogen functional groups attached to an aromatic ring is 1. The molecule has 84 valence electrons. The first-order valence-corrected chi connectivity index (χ1v) is 5.40. The lowest BCUT2D eigenvalue weighted by atomic mass is 9.82. The van der Waals surface area contributed by atoms with Crippen LogP contribution in [0.1, 0.15) is 32.8 Å². The smallest absolute Gasteiger partial charge is 0.0709 e. The van der Waals surface area contributed by atoms with Crippen molar-refractivity contribution in [2.24, 2.45) is 5.92 Å². The minimum Gasteiger partial charge on any atom is -0.398 e. The van der Waals surface area contributed by atoms with Crippen molar-refractivity contribution in [1.29, 1.82) is 0 Å². The summed E-state index contributed by atoms with van der Waals surface area (Å²) in [7, 11) is 0. The molecule has 3 nitrogen and oxygen atoms in total. The highest BCUT2D eigenvalue weighted by molar-refractivity contribution is 5.45. The van der Waals surface area contributed by atoms with Gasteiger partial charge in [-0.25, -0.2) is 0 Å². The zero-order chi connectivity index (χ0) is 11.5. The van der Waals surface area contributed by atoms with E-state index < -0.39 is 5.60 Å². The number of hydrogen-bond donors (Lipinski definition) is 2. The molecule has 0 amide bonds. The highest BCUT2D eigenvalue weighted by atomic mass is 16.3. The number of nitrogens with two attached hydrogens (primary N) is 1. The lowest BCUT2D eigenvalue weighted by molar-refractivity contribution is -0.00821. The summed E-state index contributed by atoms with van der Waals surface area (Å²) in [6.07, 6.45) is 4.69. The summed E-state index contributed by atoms with van der Waals surface area (Å²) in [4.78, 5) is 4.03. The highest BCUT2D eigenvalue weighted by Gasteiger charge is 2.29. The molecular weight excluding hydrogens is 188 g/mol. The van der Waals surface area contributed by atoms with Crippen LogP contribution in [0.3, 0.4) is 0 Å². The minimum atomic E-state index is -0.683. The summed E-state index contributed by atoms with van der Waals surface area (Å²) in [5.41, 5.74) is 6.78. The van der Waals surface area contributed by atoms with E-state index in [1.807, 2.05) is 20.8 Å². The second-order valence-electron chi connectivity index (χ2n) is 4.36. The molecule has 15 heavy (non-hydrogen) atoms. The number of hydrogen-bond acceptors (Lipinski definition) is 3. The standard InChI is InChI=1S/C12H20N2O/c1-4-12(15,9(2)3)7-10-8-14-6-5-11(10)13/h5-6,8-9,15H,4,7H2,1-3H3,(H2,13,14). The van der Waals surface area contributed by atoms with Crippen LogP contribution in [0.2, 0.25) is 0 Å². The van der Waals surface area contributed by atoms with Crippen molar-refractivity contribution in [3.63, 3.8) is 0 Å². The van der Waals surface area contributed by atoms with Crippen molar-refractivity contribution < 1.29 is 5.11 Å². The Labute approximate surface area is 91.3 Å². The molecule has 0 aliphatic heterocycles. The van der Waals surface area contributed by atoms with Crippen LogP contribution >= 0.6 is 0 Å². The molecule has 0 saturated carbocycles. The third-order valence-electron chi connectivity index (χ3n) is 3.12. The van der Waals surface area contributed by atoms with Gasteiger partial charge in [-0.1, -0.05) is 20.8 Å². The molecule has 0 bridgehead atoms. The Balaban J connectivity index is 2.89. The second kappa shape index (κ2) is 4.62. The summed E-state index contributed by atoms with van der Waals surface area (Å²) in [6, 6.07) is 1.77. The molecule has 0 aliphatic rings. The number of nitrogens with zero attached hydrogens (tertiary/aromatic N) is 1. The number of anilines is 1. The van der Waals surface area contributed by atoms with Crippen LogP contribution in [0, 0.1) is 5.92 Å². The van der Waals surface area contributed by atoms with Crippen LogP contribution in [-0.4, -0.2) is 15.7 Å². The molecule has 0 aliphatic carbocycles. The SMILES string of the molecule is CCC(O)(Cc1cnccc1N)C(C)C. The van der Waals surface area contributed by atoms with Crippen molar-refractivity contribution >= 4 is 5.69 Å². The van der Waals surface area contributed by atoms with E-state index in [1.54, 1.807) is 18.5 Å². The van der Waals surface area contributed by atoms with E-state index in [9.17, 15) is 5.11 Å². The van der Waals surface area contributed by atoms with Gasteiger partial charge >= 0.3 is 0 Å². The van der Waals surface area contributed by atoms with Gasteiger partial charge in [-0.2, -0.15) is 0 Å². The third-order valence-corrected chi connectivity index (χ3v) is 3.12. The first-order chi connectivity index (χ1) is 6.99. The molecule has 0 radical (unpaired) electrons. The zero-order valence-electron chi connectivity index (χ0n) is 9.70. The largest absolute Gasteiger partial charge is 0.398 e. The molecule has 1 aromatic rings. The fraction of sp³-hybridized carbons (Fsp3) is 0.583. The van der Waals surface area contributed by atoms with Crippen molar-refractivity contribution in [2.75, 3.05) is 5.73 Å². The molecule has 3 heteroatoms. The van der Waals surface area contributed by atoms with Crippen LogP contribution < -0.4 is 5.73 Å². The third kappa shape index (κ3) is 2.69. The molecule has 1 aromatic heterocycles. The summed E-state index contributed by atoms with van der Waals surface area (Å²) < 4.78 is 0.